The Morgan fingerprint density at radius 3 is 2.58 bits per heavy atom. The van der Waals surface area contributed by atoms with Gasteiger partial charge in [0.1, 0.15) is 0 Å². The van der Waals surface area contributed by atoms with Crippen molar-refractivity contribution in [3.63, 3.8) is 0 Å². The minimum atomic E-state index is -0.231. The Labute approximate surface area is 142 Å². The summed E-state index contributed by atoms with van der Waals surface area (Å²) in [5, 5.41) is 8.48. The zero-order valence-electron chi connectivity index (χ0n) is 14.6. The van der Waals surface area contributed by atoms with Crippen molar-refractivity contribution in [2.75, 3.05) is 20.2 Å². The number of nitrogens with zero attached hydrogens (tertiary/aromatic N) is 1. The number of nitrogens with one attached hydrogen (secondary N) is 3. The number of methoxy groups -OCH3 is 1. The van der Waals surface area contributed by atoms with Crippen molar-refractivity contribution >= 4 is 11.9 Å². The number of rotatable bonds is 6. The van der Waals surface area contributed by atoms with Crippen molar-refractivity contribution in [1.29, 1.82) is 0 Å². The molecule has 1 heterocycles. The first-order chi connectivity index (χ1) is 11.4. The number of hydrogen-bond acceptors (Lipinski definition) is 4. The minimum Gasteiger partial charge on any atom is -0.380 e. The van der Waals surface area contributed by atoms with Crippen LogP contribution in [0.25, 0.3) is 0 Å². The van der Waals surface area contributed by atoms with Crippen LogP contribution in [0.5, 0.6) is 0 Å². The Hall–Kier alpha value is -2.15. The molecule has 0 unspecified atom stereocenters. The number of ether oxygens (including phenoxy) is 1. The van der Waals surface area contributed by atoms with Gasteiger partial charge in [-0.05, 0) is 12.1 Å². The number of aromatic nitrogens is 1. The Morgan fingerprint density at radius 2 is 2.00 bits per heavy atom. The van der Waals surface area contributed by atoms with Crippen molar-refractivity contribution in [3.8, 4) is 0 Å². The van der Waals surface area contributed by atoms with E-state index in [2.05, 4.69) is 41.7 Å². The fourth-order valence-electron chi connectivity index (χ4n) is 3.57. The molecule has 1 aliphatic carbocycles. The first kappa shape index (κ1) is 18.2. The molecule has 0 aromatic carbocycles. The second-order valence-corrected chi connectivity index (χ2v) is 6.71. The fraction of sp³-hybridized carbons (Fsp3) is 0.588. The molecule has 2 rings (SSSR count). The molecule has 1 aliphatic rings. The van der Waals surface area contributed by atoms with E-state index in [0.717, 1.165) is 0 Å². The topological polar surface area (TPSA) is 92.4 Å². The lowest BCUT2D eigenvalue weighted by molar-refractivity contribution is -0.140. The van der Waals surface area contributed by atoms with E-state index < -0.39 is 0 Å². The lowest BCUT2D eigenvalue weighted by Gasteiger charge is -2.56. The predicted molar refractivity (Wildman–Crippen MR) is 90.6 cm³/mol. The third-order valence-electron chi connectivity index (χ3n) is 4.70. The molecule has 0 radical (unpaired) electrons. The van der Waals surface area contributed by atoms with Crippen molar-refractivity contribution in [2.45, 2.75) is 32.9 Å². The van der Waals surface area contributed by atoms with E-state index in [1.54, 1.807) is 25.4 Å². The monoisotopic (exact) mass is 334 g/mol. The standard InChI is InChI=1S/C17H26N4O3/c1-11-13(17(2,3)14(11)24-4)21-16(23)20-9-8-19-15(22)12-6-5-7-18-10-12/h5-7,10-11,13-14H,8-9H2,1-4H3,(H,19,22)(H2,20,21,23)/t11-,13+,14-/m1/s1. The number of urea groups is 1. The van der Waals surface area contributed by atoms with Gasteiger partial charge in [-0.15, -0.1) is 0 Å². The highest BCUT2D eigenvalue weighted by molar-refractivity contribution is 5.93. The number of carbonyl (C=O) groups is 2. The summed E-state index contributed by atoms with van der Waals surface area (Å²) in [6, 6.07) is 3.22. The molecule has 3 N–H and O–H groups in total. The van der Waals surface area contributed by atoms with Gasteiger partial charge in [0.25, 0.3) is 5.91 Å². The summed E-state index contributed by atoms with van der Waals surface area (Å²) in [7, 11) is 1.70. The smallest absolute Gasteiger partial charge is 0.315 e. The summed E-state index contributed by atoms with van der Waals surface area (Å²) in [6.45, 7) is 6.94. The highest BCUT2D eigenvalue weighted by Crippen LogP contribution is 2.46. The van der Waals surface area contributed by atoms with Gasteiger partial charge in [0.2, 0.25) is 0 Å². The SMILES string of the molecule is CO[C@@H]1[C@H](C)[C@H](NC(=O)NCCNC(=O)c2cccnc2)C1(C)C. The zero-order valence-corrected chi connectivity index (χ0v) is 14.6. The van der Waals surface area contributed by atoms with Crippen LogP contribution in [-0.2, 0) is 4.74 Å². The summed E-state index contributed by atoms with van der Waals surface area (Å²) in [5.74, 6) is 0.0584. The lowest BCUT2D eigenvalue weighted by atomic mass is 9.58. The largest absolute Gasteiger partial charge is 0.380 e. The molecule has 1 aromatic rings. The van der Waals surface area contributed by atoms with Crippen LogP contribution in [0, 0.1) is 11.3 Å². The van der Waals surface area contributed by atoms with Crippen LogP contribution in [0.2, 0.25) is 0 Å². The van der Waals surface area contributed by atoms with Crippen LogP contribution in [0.4, 0.5) is 4.79 Å². The fourth-order valence-corrected chi connectivity index (χ4v) is 3.57. The Balaban J connectivity index is 1.68. The van der Waals surface area contributed by atoms with E-state index in [-0.39, 0.29) is 35.4 Å². The van der Waals surface area contributed by atoms with Crippen molar-refractivity contribution < 1.29 is 14.3 Å². The highest BCUT2D eigenvalue weighted by atomic mass is 16.5. The zero-order chi connectivity index (χ0) is 17.7. The van der Waals surface area contributed by atoms with Gasteiger partial charge >= 0.3 is 6.03 Å². The van der Waals surface area contributed by atoms with E-state index in [4.69, 9.17) is 4.74 Å². The molecule has 24 heavy (non-hydrogen) atoms. The summed E-state index contributed by atoms with van der Waals surface area (Å²) in [4.78, 5) is 27.7. The molecule has 132 valence electrons. The lowest BCUT2D eigenvalue weighted by Crippen LogP contribution is -2.68. The van der Waals surface area contributed by atoms with Gasteiger partial charge in [-0.2, -0.15) is 0 Å². The summed E-state index contributed by atoms with van der Waals surface area (Å²) in [5.41, 5.74) is 0.401. The molecule has 1 fully saturated rings. The van der Waals surface area contributed by atoms with E-state index in [9.17, 15) is 9.59 Å². The third kappa shape index (κ3) is 3.84. The average Bonchev–Trinajstić information content (AvgIpc) is 2.57. The minimum absolute atomic E-state index is 0.0624. The van der Waals surface area contributed by atoms with Crippen LogP contribution in [-0.4, -0.2) is 49.3 Å². The molecular formula is C17H26N4O3. The molecule has 7 nitrogen and oxygen atoms in total. The highest BCUT2D eigenvalue weighted by Gasteiger charge is 2.55. The Bertz CT molecular complexity index is 576. The number of amides is 3. The molecule has 0 saturated heterocycles. The maximum Gasteiger partial charge on any atom is 0.315 e. The number of hydrogen-bond donors (Lipinski definition) is 3. The van der Waals surface area contributed by atoms with E-state index >= 15 is 0 Å². The van der Waals surface area contributed by atoms with Gasteiger partial charge in [-0.3, -0.25) is 9.78 Å². The predicted octanol–water partition coefficient (Wildman–Crippen LogP) is 1.17. The van der Waals surface area contributed by atoms with E-state index in [1.165, 1.54) is 6.20 Å². The maximum absolute atomic E-state index is 12.0. The van der Waals surface area contributed by atoms with Crippen LogP contribution >= 0.6 is 0 Å². The van der Waals surface area contributed by atoms with Gasteiger partial charge in [0.05, 0.1) is 11.7 Å². The normalized spacial score (nSPS) is 24.6. The molecular weight excluding hydrogens is 308 g/mol. The second-order valence-electron chi connectivity index (χ2n) is 6.71. The number of pyridine rings is 1. The third-order valence-corrected chi connectivity index (χ3v) is 4.70. The summed E-state index contributed by atoms with van der Waals surface area (Å²) in [6.07, 6.45) is 3.25. The van der Waals surface area contributed by atoms with Crippen LogP contribution in [0.1, 0.15) is 31.1 Å². The Kier molecular flexibility index (Phi) is 5.77. The molecule has 1 saturated carbocycles. The van der Waals surface area contributed by atoms with E-state index in [0.29, 0.717) is 18.7 Å². The van der Waals surface area contributed by atoms with Crippen LogP contribution in [0.15, 0.2) is 24.5 Å². The van der Waals surface area contributed by atoms with Crippen molar-refractivity contribution in [3.05, 3.63) is 30.1 Å². The van der Waals surface area contributed by atoms with Crippen LogP contribution in [0.3, 0.4) is 0 Å². The molecule has 0 spiro atoms. The van der Waals surface area contributed by atoms with Gasteiger partial charge in [0, 0.05) is 50.0 Å². The number of carbonyl (C=O) groups excluding carboxylic acids is 2. The summed E-state index contributed by atoms with van der Waals surface area (Å²) < 4.78 is 5.47. The maximum atomic E-state index is 12.0. The quantitative estimate of drug-likeness (QED) is 0.681. The molecule has 3 atom stereocenters. The van der Waals surface area contributed by atoms with Gasteiger partial charge in [-0.1, -0.05) is 20.8 Å². The van der Waals surface area contributed by atoms with Crippen LogP contribution < -0.4 is 16.0 Å². The van der Waals surface area contributed by atoms with Crippen molar-refractivity contribution in [1.82, 2.24) is 20.9 Å². The first-order valence-corrected chi connectivity index (χ1v) is 8.13. The molecule has 3 amide bonds. The van der Waals surface area contributed by atoms with Gasteiger partial charge < -0.3 is 20.7 Å². The van der Waals surface area contributed by atoms with Gasteiger partial charge in [-0.25, -0.2) is 4.79 Å². The van der Waals surface area contributed by atoms with E-state index in [1.807, 2.05) is 0 Å². The second kappa shape index (κ2) is 7.61. The van der Waals surface area contributed by atoms with Crippen molar-refractivity contribution in [2.24, 2.45) is 11.3 Å². The first-order valence-electron chi connectivity index (χ1n) is 8.13. The molecule has 0 bridgehead atoms. The van der Waals surface area contributed by atoms with Gasteiger partial charge in [0.15, 0.2) is 0 Å². The Morgan fingerprint density at radius 1 is 1.29 bits per heavy atom. The average molecular weight is 334 g/mol. The molecule has 7 heteroatoms. The molecule has 1 aromatic heterocycles. The summed E-state index contributed by atoms with van der Waals surface area (Å²) >= 11 is 0. The molecule has 0 aliphatic heterocycles.